The van der Waals surface area contributed by atoms with Crippen molar-refractivity contribution in [3.8, 4) is 0 Å². The molecule has 0 bridgehead atoms. The zero-order chi connectivity index (χ0) is 14.4. The molecule has 0 aromatic heterocycles. The SMILES string of the molecule is N[C@H](COS(=O)(=O)c1ccccc1)Cc1ccccc1. The number of benzene rings is 2. The maximum atomic E-state index is 11.9. The lowest BCUT2D eigenvalue weighted by Gasteiger charge is -2.12. The third-order valence-electron chi connectivity index (χ3n) is 2.81. The topological polar surface area (TPSA) is 69.4 Å². The Labute approximate surface area is 119 Å². The molecule has 0 aliphatic rings. The summed E-state index contributed by atoms with van der Waals surface area (Å²) >= 11 is 0. The molecule has 2 aromatic rings. The van der Waals surface area contributed by atoms with Gasteiger partial charge in [0.25, 0.3) is 10.1 Å². The highest BCUT2D eigenvalue weighted by molar-refractivity contribution is 7.86. The maximum Gasteiger partial charge on any atom is 0.297 e. The minimum atomic E-state index is -3.73. The van der Waals surface area contributed by atoms with Crippen molar-refractivity contribution in [2.45, 2.75) is 17.4 Å². The van der Waals surface area contributed by atoms with E-state index < -0.39 is 10.1 Å². The Morgan fingerprint density at radius 1 is 0.950 bits per heavy atom. The third-order valence-corrected chi connectivity index (χ3v) is 4.11. The molecule has 0 fully saturated rings. The van der Waals surface area contributed by atoms with Crippen molar-refractivity contribution >= 4 is 10.1 Å². The van der Waals surface area contributed by atoms with Gasteiger partial charge < -0.3 is 5.73 Å². The van der Waals surface area contributed by atoms with Crippen molar-refractivity contribution in [2.75, 3.05) is 6.61 Å². The Balaban J connectivity index is 1.92. The average Bonchev–Trinajstić information content (AvgIpc) is 2.47. The van der Waals surface area contributed by atoms with Crippen LogP contribution in [0.1, 0.15) is 5.56 Å². The average molecular weight is 291 g/mol. The van der Waals surface area contributed by atoms with Crippen LogP contribution in [0, 0.1) is 0 Å². The monoisotopic (exact) mass is 291 g/mol. The van der Waals surface area contributed by atoms with Crippen LogP contribution in [-0.2, 0) is 20.7 Å². The van der Waals surface area contributed by atoms with E-state index in [9.17, 15) is 8.42 Å². The Kier molecular flexibility index (Phi) is 4.89. The first-order valence-corrected chi connectivity index (χ1v) is 7.73. The van der Waals surface area contributed by atoms with Gasteiger partial charge >= 0.3 is 0 Å². The second-order valence-corrected chi connectivity index (χ2v) is 6.12. The summed E-state index contributed by atoms with van der Waals surface area (Å²) in [7, 11) is -3.73. The van der Waals surface area contributed by atoms with Crippen LogP contribution in [0.3, 0.4) is 0 Å². The van der Waals surface area contributed by atoms with Crippen molar-refractivity contribution in [1.82, 2.24) is 0 Å². The van der Waals surface area contributed by atoms with E-state index in [0.29, 0.717) is 6.42 Å². The highest BCUT2D eigenvalue weighted by Crippen LogP contribution is 2.12. The normalized spacial score (nSPS) is 13.1. The van der Waals surface area contributed by atoms with Gasteiger partial charge in [0.15, 0.2) is 0 Å². The van der Waals surface area contributed by atoms with Crippen LogP contribution >= 0.6 is 0 Å². The molecule has 0 amide bonds. The smallest absolute Gasteiger partial charge is 0.297 e. The lowest BCUT2D eigenvalue weighted by atomic mass is 10.1. The van der Waals surface area contributed by atoms with Gasteiger partial charge in [-0.05, 0) is 24.1 Å². The summed E-state index contributed by atoms with van der Waals surface area (Å²) in [6.45, 7) is -0.0356. The number of hydrogen-bond acceptors (Lipinski definition) is 4. The van der Waals surface area contributed by atoms with E-state index in [4.69, 9.17) is 9.92 Å². The zero-order valence-electron chi connectivity index (χ0n) is 11.0. The molecule has 0 saturated carbocycles. The van der Waals surface area contributed by atoms with Gasteiger partial charge in [0.1, 0.15) is 0 Å². The number of hydrogen-bond donors (Lipinski definition) is 1. The molecule has 106 valence electrons. The molecule has 0 saturated heterocycles. The molecule has 4 nitrogen and oxygen atoms in total. The minimum absolute atomic E-state index is 0.0356. The van der Waals surface area contributed by atoms with Crippen LogP contribution < -0.4 is 5.73 Å². The Hall–Kier alpha value is -1.69. The lowest BCUT2D eigenvalue weighted by Crippen LogP contribution is -2.30. The first-order valence-electron chi connectivity index (χ1n) is 6.32. The fourth-order valence-corrected chi connectivity index (χ4v) is 2.79. The molecule has 0 spiro atoms. The van der Waals surface area contributed by atoms with Crippen molar-refractivity contribution in [3.63, 3.8) is 0 Å². The highest BCUT2D eigenvalue weighted by atomic mass is 32.2. The minimum Gasteiger partial charge on any atom is -0.325 e. The summed E-state index contributed by atoms with van der Waals surface area (Å²) in [5.41, 5.74) is 6.96. The molecule has 0 aliphatic heterocycles. The summed E-state index contributed by atoms with van der Waals surface area (Å²) in [4.78, 5) is 0.145. The van der Waals surface area contributed by atoms with Crippen molar-refractivity contribution in [3.05, 3.63) is 66.2 Å². The molecule has 0 radical (unpaired) electrons. The van der Waals surface area contributed by atoms with Crippen molar-refractivity contribution < 1.29 is 12.6 Å². The van der Waals surface area contributed by atoms with Gasteiger partial charge in [-0.25, -0.2) is 0 Å². The van der Waals surface area contributed by atoms with Gasteiger partial charge in [-0.2, -0.15) is 8.42 Å². The second kappa shape index (κ2) is 6.65. The van der Waals surface area contributed by atoms with E-state index >= 15 is 0 Å². The standard InChI is InChI=1S/C15H17NO3S/c16-14(11-13-7-3-1-4-8-13)12-19-20(17,18)15-9-5-2-6-10-15/h1-10,14H,11-12,16H2/t14-/m0/s1. The molecule has 20 heavy (non-hydrogen) atoms. The Morgan fingerprint density at radius 2 is 1.50 bits per heavy atom. The molecular formula is C15H17NO3S. The molecule has 0 aliphatic carbocycles. The first-order chi connectivity index (χ1) is 9.58. The van der Waals surface area contributed by atoms with Gasteiger partial charge in [-0.1, -0.05) is 48.5 Å². The Bertz CT molecular complexity index is 627. The predicted molar refractivity (Wildman–Crippen MR) is 77.7 cm³/mol. The maximum absolute atomic E-state index is 11.9. The fourth-order valence-electron chi connectivity index (χ4n) is 1.81. The van der Waals surface area contributed by atoms with Crippen LogP contribution in [-0.4, -0.2) is 21.1 Å². The van der Waals surface area contributed by atoms with Crippen LogP contribution in [0.4, 0.5) is 0 Å². The summed E-state index contributed by atoms with van der Waals surface area (Å²) in [6, 6.07) is 17.3. The van der Waals surface area contributed by atoms with Gasteiger partial charge in [0, 0.05) is 6.04 Å². The molecular weight excluding hydrogens is 274 g/mol. The van der Waals surface area contributed by atoms with E-state index in [-0.39, 0.29) is 17.5 Å². The van der Waals surface area contributed by atoms with E-state index in [1.165, 1.54) is 12.1 Å². The zero-order valence-corrected chi connectivity index (χ0v) is 11.8. The van der Waals surface area contributed by atoms with Crippen LogP contribution in [0.5, 0.6) is 0 Å². The molecule has 2 N–H and O–H groups in total. The van der Waals surface area contributed by atoms with E-state index in [1.807, 2.05) is 30.3 Å². The van der Waals surface area contributed by atoms with E-state index in [2.05, 4.69) is 0 Å². The molecule has 2 aromatic carbocycles. The van der Waals surface area contributed by atoms with Gasteiger partial charge in [-0.3, -0.25) is 4.18 Å². The molecule has 5 heteroatoms. The molecule has 2 rings (SSSR count). The van der Waals surface area contributed by atoms with Crippen molar-refractivity contribution in [1.29, 1.82) is 0 Å². The fraction of sp³-hybridized carbons (Fsp3) is 0.200. The van der Waals surface area contributed by atoms with Crippen molar-refractivity contribution in [2.24, 2.45) is 5.73 Å². The lowest BCUT2D eigenvalue weighted by molar-refractivity contribution is 0.290. The number of rotatable bonds is 6. The van der Waals surface area contributed by atoms with Gasteiger partial charge in [-0.15, -0.1) is 0 Å². The first kappa shape index (κ1) is 14.7. The Morgan fingerprint density at radius 3 is 2.10 bits per heavy atom. The van der Waals surface area contributed by atoms with Crippen LogP contribution in [0.25, 0.3) is 0 Å². The van der Waals surface area contributed by atoms with Crippen LogP contribution in [0.15, 0.2) is 65.6 Å². The molecule has 0 unspecified atom stereocenters. The van der Waals surface area contributed by atoms with Gasteiger partial charge in [0.2, 0.25) is 0 Å². The predicted octanol–water partition coefficient (Wildman–Crippen LogP) is 1.96. The number of nitrogens with two attached hydrogens (primary N) is 1. The quantitative estimate of drug-likeness (QED) is 0.826. The highest BCUT2D eigenvalue weighted by Gasteiger charge is 2.16. The van der Waals surface area contributed by atoms with E-state index in [0.717, 1.165) is 5.56 Å². The second-order valence-electron chi connectivity index (χ2n) is 4.50. The largest absolute Gasteiger partial charge is 0.325 e. The summed E-state index contributed by atoms with van der Waals surface area (Å²) in [5.74, 6) is 0. The summed E-state index contributed by atoms with van der Waals surface area (Å²) < 4.78 is 28.8. The summed E-state index contributed by atoms with van der Waals surface area (Å²) in [5, 5.41) is 0. The van der Waals surface area contributed by atoms with Gasteiger partial charge in [0.05, 0.1) is 11.5 Å². The summed E-state index contributed by atoms with van der Waals surface area (Å²) in [6.07, 6.45) is 0.575. The van der Waals surface area contributed by atoms with Crippen LogP contribution in [0.2, 0.25) is 0 Å². The van der Waals surface area contributed by atoms with E-state index in [1.54, 1.807) is 18.2 Å². The molecule has 0 heterocycles. The molecule has 1 atom stereocenters. The third kappa shape index (κ3) is 4.16.